The van der Waals surface area contributed by atoms with Gasteiger partial charge in [-0.05, 0) is 43.2 Å². The molecule has 3 rings (SSSR count). The molecular formula is C18H16F3N3O2. The lowest BCUT2D eigenvalue weighted by Crippen LogP contribution is -2.17. The van der Waals surface area contributed by atoms with Crippen LogP contribution in [0.4, 0.5) is 13.2 Å². The van der Waals surface area contributed by atoms with Crippen molar-refractivity contribution in [1.82, 2.24) is 15.2 Å². The Bertz CT molecular complexity index is 897. The molecule has 0 radical (unpaired) electrons. The SMILES string of the molecule is CC(C)(O)c1nc(-c2cccc(-c3ccc(OC(F)(F)F)cc3)c2)n[nH]1. The molecule has 8 heteroatoms. The molecule has 0 saturated carbocycles. The van der Waals surface area contributed by atoms with Crippen molar-refractivity contribution < 1.29 is 23.0 Å². The number of nitrogens with zero attached hydrogens (tertiary/aromatic N) is 2. The number of ether oxygens (including phenoxy) is 1. The van der Waals surface area contributed by atoms with Crippen LogP contribution in [-0.2, 0) is 5.60 Å². The van der Waals surface area contributed by atoms with Gasteiger partial charge in [-0.3, -0.25) is 5.10 Å². The quantitative estimate of drug-likeness (QED) is 0.726. The van der Waals surface area contributed by atoms with Crippen molar-refractivity contribution in [2.24, 2.45) is 0 Å². The van der Waals surface area contributed by atoms with Gasteiger partial charge in [-0.1, -0.05) is 30.3 Å². The summed E-state index contributed by atoms with van der Waals surface area (Å²) in [5.41, 5.74) is 1.08. The van der Waals surface area contributed by atoms with E-state index in [1.54, 1.807) is 32.0 Å². The monoisotopic (exact) mass is 363 g/mol. The van der Waals surface area contributed by atoms with Crippen LogP contribution < -0.4 is 4.74 Å². The number of alkyl halides is 3. The van der Waals surface area contributed by atoms with E-state index in [9.17, 15) is 18.3 Å². The largest absolute Gasteiger partial charge is 0.573 e. The van der Waals surface area contributed by atoms with Gasteiger partial charge in [0.2, 0.25) is 0 Å². The van der Waals surface area contributed by atoms with Gasteiger partial charge in [-0.25, -0.2) is 4.98 Å². The van der Waals surface area contributed by atoms with Crippen LogP contribution in [0.15, 0.2) is 48.5 Å². The average Bonchev–Trinajstić information content (AvgIpc) is 3.04. The minimum Gasteiger partial charge on any atom is -0.406 e. The molecule has 0 bridgehead atoms. The number of hydrogen-bond donors (Lipinski definition) is 2. The smallest absolute Gasteiger partial charge is 0.406 e. The second-order valence-corrected chi connectivity index (χ2v) is 6.22. The number of halogens is 3. The Balaban J connectivity index is 1.86. The number of aromatic amines is 1. The van der Waals surface area contributed by atoms with Crippen LogP contribution in [0.1, 0.15) is 19.7 Å². The Kier molecular flexibility index (Phi) is 4.45. The van der Waals surface area contributed by atoms with E-state index in [1.165, 1.54) is 12.1 Å². The Morgan fingerprint density at radius 2 is 1.62 bits per heavy atom. The van der Waals surface area contributed by atoms with Crippen molar-refractivity contribution in [1.29, 1.82) is 0 Å². The normalized spacial score (nSPS) is 12.2. The predicted octanol–water partition coefficient (Wildman–Crippen LogP) is 4.26. The van der Waals surface area contributed by atoms with Crippen molar-refractivity contribution in [3.05, 3.63) is 54.4 Å². The number of H-pyrrole nitrogens is 1. The minimum absolute atomic E-state index is 0.277. The lowest BCUT2D eigenvalue weighted by molar-refractivity contribution is -0.274. The van der Waals surface area contributed by atoms with E-state index in [-0.39, 0.29) is 5.75 Å². The number of aliphatic hydroxyl groups is 1. The molecular weight excluding hydrogens is 347 g/mol. The summed E-state index contributed by atoms with van der Waals surface area (Å²) in [7, 11) is 0. The Morgan fingerprint density at radius 3 is 2.19 bits per heavy atom. The van der Waals surface area contributed by atoms with Gasteiger partial charge in [-0.15, -0.1) is 13.2 Å². The maximum atomic E-state index is 12.2. The van der Waals surface area contributed by atoms with E-state index in [2.05, 4.69) is 19.9 Å². The minimum atomic E-state index is -4.72. The maximum Gasteiger partial charge on any atom is 0.573 e. The third-order valence-corrected chi connectivity index (χ3v) is 3.61. The summed E-state index contributed by atoms with van der Waals surface area (Å²) in [6.45, 7) is 3.19. The Hall–Kier alpha value is -2.87. The highest BCUT2D eigenvalue weighted by molar-refractivity contribution is 5.70. The number of rotatable bonds is 4. The van der Waals surface area contributed by atoms with Gasteiger partial charge in [0.15, 0.2) is 11.6 Å². The van der Waals surface area contributed by atoms with Crippen molar-refractivity contribution >= 4 is 0 Å². The molecule has 0 atom stereocenters. The highest BCUT2D eigenvalue weighted by Gasteiger charge is 2.31. The molecule has 0 aliphatic heterocycles. The lowest BCUT2D eigenvalue weighted by atomic mass is 10.0. The van der Waals surface area contributed by atoms with E-state index < -0.39 is 12.0 Å². The number of hydrogen-bond acceptors (Lipinski definition) is 4. The molecule has 26 heavy (non-hydrogen) atoms. The van der Waals surface area contributed by atoms with Gasteiger partial charge in [-0.2, -0.15) is 5.10 Å². The molecule has 0 aliphatic rings. The van der Waals surface area contributed by atoms with Gasteiger partial charge >= 0.3 is 6.36 Å². The summed E-state index contributed by atoms with van der Waals surface area (Å²) in [6.07, 6.45) is -4.72. The fraction of sp³-hybridized carbons (Fsp3) is 0.222. The molecule has 2 aromatic carbocycles. The highest BCUT2D eigenvalue weighted by atomic mass is 19.4. The van der Waals surface area contributed by atoms with E-state index >= 15 is 0 Å². The molecule has 2 N–H and O–H groups in total. The standard InChI is InChI=1S/C18H16F3N3O2/c1-17(2,25)16-22-15(23-24-16)13-5-3-4-12(10-13)11-6-8-14(9-7-11)26-18(19,20)21/h3-10,25H,1-2H3,(H,22,23,24). The van der Waals surface area contributed by atoms with Crippen molar-refractivity contribution in [2.75, 3.05) is 0 Å². The molecule has 0 fully saturated rings. The van der Waals surface area contributed by atoms with Gasteiger partial charge in [0.25, 0.3) is 0 Å². The van der Waals surface area contributed by atoms with E-state index in [1.807, 2.05) is 18.2 Å². The zero-order valence-corrected chi connectivity index (χ0v) is 14.0. The second-order valence-electron chi connectivity index (χ2n) is 6.22. The summed E-state index contributed by atoms with van der Waals surface area (Å²) < 4.78 is 40.6. The zero-order chi connectivity index (χ0) is 18.9. The Labute approximate surface area is 147 Å². The summed E-state index contributed by atoms with van der Waals surface area (Å²) in [4.78, 5) is 4.28. The van der Waals surface area contributed by atoms with Gasteiger partial charge in [0.1, 0.15) is 11.4 Å². The van der Waals surface area contributed by atoms with Crippen molar-refractivity contribution in [3.8, 4) is 28.3 Å². The molecule has 0 amide bonds. The van der Waals surface area contributed by atoms with Crippen LogP contribution in [-0.4, -0.2) is 26.7 Å². The summed E-state index contributed by atoms with van der Waals surface area (Å²) >= 11 is 0. The van der Waals surface area contributed by atoms with E-state index in [0.717, 1.165) is 11.1 Å². The van der Waals surface area contributed by atoms with Crippen LogP contribution in [0.2, 0.25) is 0 Å². The number of aromatic nitrogens is 3. The van der Waals surface area contributed by atoms with Crippen LogP contribution >= 0.6 is 0 Å². The van der Waals surface area contributed by atoms with Crippen LogP contribution in [0.3, 0.4) is 0 Å². The maximum absolute atomic E-state index is 12.2. The van der Waals surface area contributed by atoms with Gasteiger partial charge in [0.05, 0.1) is 0 Å². The van der Waals surface area contributed by atoms with Gasteiger partial charge in [0, 0.05) is 5.56 Å². The Morgan fingerprint density at radius 1 is 0.962 bits per heavy atom. The molecule has 0 unspecified atom stereocenters. The first-order valence-corrected chi connectivity index (χ1v) is 7.74. The third kappa shape index (κ3) is 4.20. The molecule has 1 aromatic heterocycles. The first-order valence-electron chi connectivity index (χ1n) is 7.74. The zero-order valence-electron chi connectivity index (χ0n) is 14.0. The lowest BCUT2D eigenvalue weighted by Gasteiger charge is -2.11. The topological polar surface area (TPSA) is 71.0 Å². The van der Waals surface area contributed by atoms with Crippen molar-refractivity contribution in [2.45, 2.75) is 25.8 Å². The van der Waals surface area contributed by atoms with Crippen LogP contribution in [0, 0.1) is 0 Å². The molecule has 5 nitrogen and oxygen atoms in total. The molecule has 1 heterocycles. The van der Waals surface area contributed by atoms with E-state index in [4.69, 9.17) is 0 Å². The molecule has 0 spiro atoms. The molecule has 136 valence electrons. The second kappa shape index (κ2) is 6.45. The summed E-state index contributed by atoms with van der Waals surface area (Å²) in [5.74, 6) is 0.480. The fourth-order valence-electron chi connectivity index (χ4n) is 2.35. The summed E-state index contributed by atoms with van der Waals surface area (Å²) in [6, 6.07) is 12.8. The summed E-state index contributed by atoms with van der Waals surface area (Å²) in [5, 5.41) is 16.8. The first-order chi connectivity index (χ1) is 12.1. The van der Waals surface area contributed by atoms with E-state index in [0.29, 0.717) is 17.2 Å². The molecule has 3 aromatic rings. The number of nitrogens with one attached hydrogen (secondary N) is 1. The molecule has 0 aliphatic carbocycles. The average molecular weight is 363 g/mol. The highest BCUT2D eigenvalue weighted by Crippen LogP contribution is 2.29. The molecule has 0 saturated heterocycles. The van der Waals surface area contributed by atoms with Crippen LogP contribution in [0.25, 0.3) is 22.5 Å². The number of benzene rings is 2. The third-order valence-electron chi connectivity index (χ3n) is 3.61. The first kappa shape index (κ1) is 17.9. The van der Waals surface area contributed by atoms with Gasteiger partial charge < -0.3 is 9.84 Å². The fourth-order valence-corrected chi connectivity index (χ4v) is 2.35. The van der Waals surface area contributed by atoms with Crippen molar-refractivity contribution in [3.63, 3.8) is 0 Å². The van der Waals surface area contributed by atoms with Crippen LogP contribution in [0.5, 0.6) is 5.75 Å². The predicted molar refractivity (Wildman–Crippen MR) is 89.2 cm³/mol.